The summed E-state index contributed by atoms with van der Waals surface area (Å²) in [4.78, 5) is 14.1. The summed E-state index contributed by atoms with van der Waals surface area (Å²) in [6, 6.07) is 6.01. The number of nitrogens with two attached hydrogens (primary N) is 1. The second kappa shape index (κ2) is 4.78. The zero-order valence-corrected chi connectivity index (χ0v) is 10.6. The van der Waals surface area contributed by atoms with Gasteiger partial charge in [0.1, 0.15) is 0 Å². The van der Waals surface area contributed by atoms with E-state index in [1.807, 2.05) is 24.0 Å². The number of fused-ring (bicyclic) bond motifs is 1. The van der Waals surface area contributed by atoms with E-state index in [2.05, 4.69) is 13.0 Å². The summed E-state index contributed by atoms with van der Waals surface area (Å²) >= 11 is 0. The van der Waals surface area contributed by atoms with Gasteiger partial charge in [0, 0.05) is 24.7 Å². The third-order valence-electron chi connectivity index (χ3n) is 3.65. The number of benzene rings is 1. The first-order valence-corrected chi connectivity index (χ1v) is 6.28. The molecule has 0 aliphatic carbocycles. The Morgan fingerprint density at radius 2 is 2.29 bits per heavy atom. The van der Waals surface area contributed by atoms with E-state index in [1.54, 1.807) is 0 Å². The van der Waals surface area contributed by atoms with Crippen molar-refractivity contribution in [3.8, 4) is 0 Å². The molecule has 1 heterocycles. The van der Waals surface area contributed by atoms with Gasteiger partial charge in [-0.05, 0) is 30.0 Å². The summed E-state index contributed by atoms with van der Waals surface area (Å²) in [7, 11) is 0. The fraction of sp³-hybridized carbons (Fsp3) is 0.500. The van der Waals surface area contributed by atoms with Crippen LogP contribution in [0.2, 0.25) is 0 Å². The van der Waals surface area contributed by atoms with Gasteiger partial charge in [-0.25, -0.2) is 0 Å². The summed E-state index contributed by atoms with van der Waals surface area (Å²) in [5.41, 5.74) is 9.21. The summed E-state index contributed by atoms with van der Waals surface area (Å²) in [5.74, 6) is 0.364. The highest BCUT2D eigenvalue weighted by Gasteiger charge is 2.24. The zero-order chi connectivity index (χ0) is 12.4. The van der Waals surface area contributed by atoms with Crippen molar-refractivity contribution in [3.05, 3.63) is 29.3 Å². The van der Waals surface area contributed by atoms with Crippen LogP contribution in [0.25, 0.3) is 0 Å². The Kier molecular flexibility index (Phi) is 3.36. The Bertz CT molecular complexity index is 428. The van der Waals surface area contributed by atoms with Crippen molar-refractivity contribution in [1.29, 1.82) is 0 Å². The van der Waals surface area contributed by atoms with Gasteiger partial charge in [0.15, 0.2) is 0 Å². The van der Waals surface area contributed by atoms with Crippen LogP contribution in [0.1, 0.15) is 31.4 Å². The van der Waals surface area contributed by atoms with Crippen molar-refractivity contribution in [3.63, 3.8) is 0 Å². The van der Waals surface area contributed by atoms with Crippen LogP contribution in [0, 0.1) is 5.92 Å². The van der Waals surface area contributed by atoms with Crippen LogP contribution in [-0.4, -0.2) is 17.4 Å². The molecule has 1 atom stereocenters. The normalized spacial score (nSPS) is 16.5. The highest BCUT2D eigenvalue weighted by molar-refractivity contribution is 5.79. The maximum atomic E-state index is 12.1. The van der Waals surface area contributed by atoms with Gasteiger partial charge in [-0.1, -0.05) is 26.0 Å². The first-order valence-electron chi connectivity index (χ1n) is 6.28. The SMILES string of the molecule is CCC(C)C(=O)N1CCc2cccc(N)c2C1. The van der Waals surface area contributed by atoms with Crippen LogP contribution >= 0.6 is 0 Å². The lowest BCUT2D eigenvalue weighted by Gasteiger charge is -2.31. The Morgan fingerprint density at radius 3 is 3.00 bits per heavy atom. The third-order valence-corrected chi connectivity index (χ3v) is 3.65. The lowest BCUT2D eigenvalue weighted by atomic mass is 9.96. The number of carbonyl (C=O) groups is 1. The number of rotatable bonds is 2. The van der Waals surface area contributed by atoms with Crippen LogP contribution in [-0.2, 0) is 17.8 Å². The van der Waals surface area contributed by atoms with Crippen molar-refractivity contribution in [1.82, 2.24) is 4.90 Å². The number of nitrogen functional groups attached to an aromatic ring is 1. The second-order valence-electron chi connectivity index (χ2n) is 4.80. The average molecular weight is 232 g/mol. The molecular formula is C14H20N2O. The quantitative estimate of drug-likeness (QED) is 0.795. The number of hydrogen-bond acceptors (Lipinski definition) is 2. The van der Waals surface area contributed by atoms with Gasteiger partial charge in [-0.2, -0.15) is 0 Å². The molecule has 17 heavy (non-hydrogen) atoms. The molecular weight excluding hydrogens is 212 g/mol. The van der Waals surface area contributed by atoms with Crippen molar-refractivity contribution in [2.75, 3.05) is 12.3 Å². The molecule has 0 saturated heterocycles. The molecule has 1 aromatic rings. The van der Waals surface area contributed by atoms with Crippen molar-refractivity contribution >= 4 is 11.6 Å². The smallest absolute Gasteiger partial charge is 0.225 e. The average Bonchev–Trinajstić information content (AvgIpc) is 2.37. The third kappa shape index (κ3) is 2.28. The first kappa shape index (κ1) is 12.0. The van der Waals surface area contributed by atoms with Crippen molar-refractivity contribution in [2.45, 2.75) is 33.2 Å². The van der Waals surface area contributed by atoms with Crippen LogP contribution in [0.4, 0.5) is 5.69 Å². The molecule has 0 radical (unpaired) electrons. The highest BCUT2D eigenvalue weighted by atomic mass is 16.2. The standard InChI is InChI=1S/C14H20N2O/c1-3-10(2)14(17)16-8-7-11-5-4-6-13(15)12(11)9-16/h4-6,10H,3,7-9,15H2,1-2H3. The maximum Gasteiger partial charge on any atom is 0.225 e. The van der Waals surface area contributed by atoms with Crippen molar-refractivity contribution < 1.29 is 4.79 Å². The molecule has 0 bridgehead atoms. The van der Waals surface area contributed by atoms with Crippen molar-refractivity contribution in [2.24, 2.45) is 5.92 Å². The molecule has 3 nitrogen and oxygen atoms in total. The lowest BCUT2D eigenvalue weighted by molar-refractivity contribution is -0.136. The number of hydrogen-bond donors (Lipinski definition) is 1. The van der Waals surface area contributed by atoms with E-state index in [1.165, 1.54) is 5.56 Å². The van der Waals surface area contributed by atoms with E-state index in [0.717, 1.165) is 30.6 Å². The summed E-state index contributed by atoms with van der Waals surface area (Å²) in [6.07, 6.45) is 1.81. The van der Waals surface area contributed by atoms with Gasteiger partial charge < -0.3 is 10.6 Å². The Morgan fingerprint density at radius 1 is 1.53 bits per heavy atom. The minimum absolute atomic E-state index is 0.112. The fourth-order valence-corrected chi connectivity index (χ4v) is 2.28. The first-order chi connectivity index (χ1) is 8.13. The van der Waals surface area contributed by atoms with E-state index >= 15 is 0 Å². The predicted molar refractivity (Wildman–Crippen MR) is 69.4 cm³/mol. The zero-order valence-electron chi connectivity index (χ0n) is 10.6. The Balaban J connectivity index is 2.18. The van der Waals surface area contributed by atoms with Gasteiger partial charge in [-0.3, -0.25) is 4.79 Å². The minimum Gasteiger partial charge on any atom is -0.398 e. The van der Waals surface area contributed by atoms with E-state index < -0.39 is 0 Å². The number of amides is 1. The van der Waals surface area contributed by atoms with Gasteiger partial charge >= 0.3 is 0 Å². The molecule has 2 N–H and O–H groups in total. The predicted octanol–water partition coefficient (Wildman–Crippen LogP) is 2.20. The molecule has 0 fully saturated rings. The van der Waals surface area contributed by atoms with E-state index in [-0.39, 0.29) is 11.8 Å². The number of carbonyl (C=O) groups excluding carboxylic acids is 1. The molecule has 3 heteroatoms. The van der Waals surface area contributed by atoms with E-state index in [9.17, 15) is 4.79 Å². The monoisotopic (exact) mass is 232 g/mol. The molecule has 1 amide bonds. The number of anilines is 1. The van der Waals surface area contributed by atoms with Crippen LogP contribution in [0.15, 0.2) is 18.2 Å². The van der Waals surface area contributed by atoms with Crippen LogP contribution < -0.4 is 5.73 Å². The summed E-state index contributed by atoms with van der Waals surface area (Å²) in [5, 5.41) is 0. The maximum absolute atomic E-state index is 12.1. The minimum atomic E-state index is 0.112. The Hall–Kier alpha value is -1.51. The number of nitrogens with zero attached hydrogens (tertiary/aromatic N) is 1. The largest absolute Gasteiger partial charge is 0.398 e. The van der Waals surface area contributed by atoms with E-state index in [4.69, 9.17) is 5.73 Å². The lowest BCUT2D eigenvalue weighted by Crippen LogP contribution is -2.39. The molecule has 1 aromatic carbocycles. The van der Waals surface area contributed by atoms with Crippen LogP contribution in [0.5, 0.6) is 0 Å². The molecule has 92 valence electrons. The second-order valence-corrected chi connectivity index (χ2v) is 4.80. The van der Waals surface area contributed by atoms with Gasteiger partial charge in [0.25, 0.3) is 0 Å². The molecule has 0 aromatic heterocycles. The Labute approximate surface area is 103 Å². The molecule has 0 spiro atoms. The topological polar surface area (TPSA) is 46.3 Å². The van der Waals surface area contributed by atoms with Gasteiger partial charge in [0.05, 0.1) is 0 Å². The summed E-state index contributed by atoms with van der Waals surface area (Å²) in [6.45, 7) is 5.53. The molecule has 2 rings (SSSR count). The fourth-order valence-electron chi connectivity index (χ4n) is 2.28. The van der Waals surface area contributed by atoms with Gasteiger partial charge in [0.2, 0.25) is 5.91 Å². The van der Waals surface area contributed by atoms with Crippen LogP contribution in [0.3, 0.4) is 0 Å². The molecule has 0 saturated carbocycles. The van der Waals surface area contributed by atoms with E-state index in [0.29, 0.717) is 6.54 Å². The molecule has 1 aliphatic heterocycles. The highest BCUT2D eigenvalue weighted by Crippen LogP contribution is 2.25. The van der Waals surface area contributed by atoms with Gasteiger partial charge in [-0.15, -0.1) is 0 Å². The summed E-state index contributed by atoms with van der Waals surface area (Å²) < 4.78 is 0. The molecule has 1 unspecified atom stereocenters. The molecule has 1 aliphatic rings.